The van der Waals surface area contributed by atoms with E-state index in [2.05, 4.69) is 37.2 Å². The number of nitrogen functional groups attached to an aromatic ring is 1. The summed E-state index contributed by atoms with van der Waals surface area (Å²) in [6.07, 6.45) is 5.23. The summed E-state index contributed by atoms with van der Waals surface area (Å²) in [6, 6.07) is 0.531. The highest BCUT2D eigenvalue weighted by Gasteiger charge is 2.18. The molecule has 0 aliphatic carbocycles. The number of hydrogen-bond donors (Lipinski definition) is 3. The van der Waals surface area contributed by atoms with Crippen LogP contribution in [0.5, 0.6) is 6.01 Å². The minimum absolute atomic E-state index is 0.156. The first-order valence-corrected chi connectivity index (χ1v) is 9.63. The molecule has 154 valence electrons. The molecule has 0 atom stereocenters. The van der Waals surface area contributed by atoms with Crippen LogP contribution in [0, 0.1) is 0 Å². The van der Waals surface area contributed by atoms with Crippen molar-refractivity contribution in [1.29, 1.82) is 0 Å². The van der Waals surface area contributed by atoms with Crippen molar-refractivity contribution in [1.82, 2.24) is 34.8 Å². The summed E-state index contributed by atoms with van der Waals surface area (Å²) < 4.78 is 12.1. The van der Waals surface area contributed by atoms with Gasteiger partial charge in [0.1, 0.15) is 5.52 Å². The molecule has 0 spiro atoms. The van der Waals surface area contributed by atoms with E-state index < -0.39 is 0 Å². The van der Waals surface area contributed by atoms with E-state index in [1.165, 1.54) is 4.57 Å². The Labute approximate surface area is 166 Å². The summed E-state index contributed by atoms with van der Waals surface area (Å²) >= 11 is 0. The average Bonchev–Trinajstić information content (AvgIpc) is 2.98. The van der Waals surface area contributed by atoms with E-state index in [0.29, 0.717) is 36.1 Å². The van der Waals surface area contributed by atoms with Crippen molar-refractivity contribution in [2.24, 2.45) is 0 Å². The van der Waals surface area contributed by atoms with Crippen molar-refractivity contribution in [3.8, 4) is 6.01 Å². The van der Waals surface area contributed by atoms with E-state index >= 15 is 0 Å². The Morgan fingerprint density at radius 2 is 2.10 bits per heavy atom. The third-order valence-corrected chi connectivity index (χ3v) is 4.65. The fraction of sp³-hybridized carbons (Fsp3) is 0.500. The molecule has 0 bridgehead atoms. The number of H-pyrrole nitrogens is 1. The molecule has 4 rings (SSSR count). The number of nitrogens with zero attached hydrogens (tertiary/aromatic N) is 5. The van der Waals surface area contributed by atoms with Crippen LogP contribution >= 0.6 is 0 Å². The van der Waals surface area contributed by atoms with Gasteiger partial charge in [0.15, 0.2) is 11.5 Å². The summed E-state index contributed by atoms with van der Waals surface area (Å²) in [5.74, 6) is 0.171. The smallest absolute Gasteiger partial charge is 0.328 e. The predicted octanol–water partition coefficient (Wildman–Crippen LogP) is 0.207. The Kier molecular flexibility index (Phi) is 5.67. The standard InChI is InChI=1S/C18H24N8O3/c1-2-3-4-29-17-24-15(19)14-16(25-17)26(18(27)23-14)8-12-7-20-11(5-21-12)6-22-13-9-28-10-13/h5,7,13,22H,2-4,6,8-10H2,1H3,(H,23,27)(H2,19,24,25). The Morgan fingerprint density at radius 3 is 2.79 bits per heavy atom. The molecule has 4 heterocycles. The highest BCUT2D eigenvalue weighted by atomic mass is 16.5. The van der Waals surface area contributed by atoms with Crippen LogP contribution in [-0.2, 0) is 17.8 Å². The maximum Gasteiger partial charge on any atom is 0.328 e. The normalized spacial score (nSPS) is 14.2. The van der Waals surface area contributed by atoms with Crippen LogP contribution in [0.3, 0.4) is 0 Å². The number of fused-ring (bicyclic) bond motifs is 1. The second-order valence-electron chi connectivity index (χ2n) is 6.92. The fourth-order valence-electron chi connectivity index (χ4n) is 2.87. The highest BCUT2D eigenvalue weighted by molar-refractivity contribution is 5.81. The molecule has 11 nitrogen and oxygen atoms in total. The molecular formula is C18H24N8O3. The first kappa shape index (κ1) is 19.3. The van der Waals surface area contributed by atoms with E-state index in [-0.39, 0.29) is 24.1 Å². The largest absolute Gasteiger partial charge is 0.463 e. The number of unbranched alkanes of at least 4 members (excludes halogenated alkanes) is 1. The van der Waals surface area contributed by atoms with Crippen molar-refractivity contribution in [3.05, 3.63) is 34.3 Å². The molecule has 0 saturated carbocycles. The summed E-state index contributed by atoms with van der Waals surface area (Å²) in [6.45, 7) is 4.84. The number of imidazole rings is 1. The number of hydrogen-bond acceptors (Lipinski definition) is 9. The molecule has 1 aliphatic rings. The summed E-state index contributed by atoms with van der Waals surface area (Å²) in [7, 11) is 0. The van der Waals surface area contributed by atoms with E-state index in [1.54, 1.807) is 12.4 Å². The van der Waals surface area contributed by atoms with Gasteiger partial charge in [0.2, 0.25) is 0 Å². The number of rotatable bonds is 9. The van der Waals surface area contributed by atoms with Gasteiger partial charge < -0.3 is 25.5 Å². The first-order chi connectivity index (χ1) is 14.1. The second-order valence-corrected chi connectivity index (χ2v) is 6.92. The molecule has 3 aromatic heterocycles. The van der Waals surface area contributed by atoms with Gasteiger partial charge >= 0.3 is 11.7 Å². The lowest BCUT2D eigenvalue weighted by molar-refractivity contribution is -0.00592. The van der Waals surface area contributed by atoms with E-state index in [9.17, 15) is 4.79 Å². The van der Waals surface area contributed by atoms with Gasteiger partial charge in [-0.05, 0) is 6.42 Å². The van der Waals surface area contributed by atoms with Crippen LogP contribution < -0.4 is 21.5 Å². The lowest BCUT2D eigenvalue weighted by Crippen LogP contribution is -2.45. The Bertz CT molecular complexity index is 1030. The van der Waals surface area contributed by atoms with Gasteiger partial charge in [-0.3, -0.25) is 14.5 Å². The van der Waals surface area contributed by atoms with Crippen molar-refractivity contribution < 1.29 is 9.47 Å². The zero-order valence-corrected chi connectivity index (χ0v) is 16.2. The van der Waals surface area contributed by atoms with Gasteiger partial charge in [-0.25, -0.2) is 4.79 Å². The molecule has 0 aromatic carbocycles. The zero-order chi connectivity index (χ0) is 20.2. The predicted molar refractivity (Wildman–Crippen MR) is 106 cm³/mol. The van der Waals surface area contributed by atoms with Gasteiger partial charge in [0.05, 0.1) is 56.2 Å². The van der Waals surface area contributed by atoms with Crippen LogP contribution in [0.1, 0.15) is 31.2 Å². The lowest BCUT2D eigenvalue weighted by atomic mass is 10.2. The summed E-state index contributed by atoms with van der Waals surface area (Å²) in [5, 5.41) is 3.33. The fourth-order valence-corrected chi connectivity index (χ4v) is 2.87. The number of aromatic nitrogens is 6. The Balaban J connectivity index is 1.51. The first-order valence-electron chi connectivity index (χ1n) is 9.63. The van der Waals surface area contributed by atoms with E-state index in [1.807, 2.05) is 0 Å². The van der Waals surface area contributed by atoms with Crippen molar-refractivity contribution in [3.63, 3.8) is 0 Å². The monoisotopic (exact) mass is 400 g/mol. The quantitative estimate of drug-likeness (QED) is 0.429. The summed E-state index contributed by atoms with van der Waals surface area (Å²) in [4.78, 5) is 32.4. The molecule has 0 radical (unpaired) electrons. The van der Waals surface area contributed by atoms with Crippen LogP contribution in [-0.4, -0.2) is 55.3 Å². The Hall–Kier alpha value is -3.05. The molecule has 1 fully saturated rings. The number of ether oxygens (including phenoxy) is 2. The van der Waals surface area contributed by atoms with Crippen molar-refractivity contribution in [2.75, 3.05) is 25.6 Å². The second kappa shape index (κ2) is 8.53. The molecular weight excluding hydrogens is 376 g/mol. The van der Waals surface area contributed by atoms with Gasteiger partial charge in [-0.15, -0.1) is 0 Å². The number of nitrogens with two attached hydrogens (primary N) is 1. The maximum absolute atomic E-state index is 12.4. The van der Waals surface area contributed by atoms with Crippen LogP contribution in [0.25, 0.3) is 11.2 Å². The minimum Gasteiger partial charge on any atom is -0.463 e. The van der Waals surface area contributed by atoms with Gasteiger partial charge in [-0.2, -0.15) is 9.97 Å². The number of anilines is 1. The molecule has 0 amide bonds. The molecule has 4 N–H and O–H groups in total. The topological polar surface area (TPSA) is 146 Å². The highest BCUT2D eigenvalue weighted by Crippen LogP contribution is 2.18. The van der Waals surface area contributed by atoms with Crippen LogP contribution in [0.15, 0.2) is 17.2 Å². The third kappa shape index (κ3) is 4.35. The van der Waals surface area contributed by atoms with Crippen LogP contribution in [0.2, 0.25) is 0 Å². The van der Waals surface area contributed by atoms with Gasteiger partial charge in [0.25, 0.3) is 0 Å². The van der Waals surface area contributed by atoms with Crippen LogP contribution in [0.4, 0.5) is 5.82 Å². The van der Waals surface area contributed by atoms with Gasteiger partial charge in [0, 0.05) is 6.54 Å². The number of aromatic amines is 1. The SMILES string of the molecule is CCCCOc1nc(N)c2[nH]c(=O)n(Cc3cnc(CNC4COC4)cn3)c2n1. The maximum atomic E-state index is 12.4. The van der Waals surface area contributed by atoms with Crippen molar-refractivity contribution >= 4 is 17.0 Å². The Morgan fingerprint density at radius 1 is 1.31 bits per heavy atom. The molecule has 1 saturated heterocycles. The zero-order valence-electron chi connectivity index (χ0n) is 16.2. The molecule has 1 aliphatic heterocycles. The average molecular weight is 400 g/mol. The molecule has 3 aromatic rings. The third-order valence-electron chi connectivity index (χ3n) is 4.65. The van der Waals surface area contributed by atoms with E-state index in [0.717, 1.165) is 31.7 Å². The minimum atomic E-state index is -0.343. The lowest BCUT2D eigenvalue weighted by Gasteiger charge is -2.26. The van der Waals surface area contributed by atoms with Crippen molar-refractivity contribution in [2.45, 2.75) is 38.9 Å². The number of nitrogens with one attached hydrogen (secondary N) is 2. The van der Waals surface area contributed by atoms with Gasteiger partial charge in [-0.1, -0.05) is 13.3 Å². The summed E-state index contributed by atoms with van der Waals surface area (Å²) in [5.41, 5.74) is 7.85. The molecule has 11 heteroatoms. The molecule has 29 heavy (non-hydrogen) atoms. The molecule has 0 unspecified atom stereocenters. The van der Waals surface area contributed by atoms with E-state index in [4.69, 9.17) is 15.2 Å².